The standard InChI is InChI=1S/C16H17N5O2S3/c1-3-13(23)21(10-4-5-10)15-19-20-16(26-15)25-8-12(22)11(6-17)14-18-9(2)7-24-14/h7,10-11H,3-5,8H2,1-2H3/t11-/m0/s1. The van der Waals surface area contributed by atoms with Gasteiger partial charge in [0.1, 0.15) is 5.01 Å². The predicted octanol–water partition coefficient (Wildman–Crippen LogP) is 3.18. The molecule has 2 aromatic rings. The van der Waals surface area contributed by atoms with Crippen molar-refractivity contribution >= 4 is 51.3 Å². The molecule has 3 rings (SSSR count). The summed E-state index contributed by atoms with van der Waals surface area (Å²) < 4.78 is 0.620. The lowest BCUT2D eigenvalue weighted by atomic mass is 10.1. The number of carbonyl (C=O) groups excluding carboxylic acids is 2. The summed E-state index contributed by atoms with van der Waals surface area (Å²) in [6.45, 7) is 3.66. The number of carbonyl (C=O) groups is 2. The molecular formula is C16H17N5O2S3. The first kappa shape index (κ1) is 18.9. The Kier molecular flexibility index (Phi) is 6.01. The number of aromatic nitrogens is 3. The van der Waals surface area contributed by atoms with E-state index in [-0.39, 0.29) is 23.5 Å². The van der Waals surface area contributed by atoms with E-state index in [0.717, 1.165) is 18.5 Å². The summed E-state index contributed by atoms with van der Waals surface area (Å²) in [6, 6.07) is 2.26. The number of nitriles is 1. The van der Waals surface area contributed by atoms with Gasteiger partial charge in [0, 0.05) is 23.5 Å². The second-order valence-electron chi connectivity index (χ2n) is 5.84. The van der Waals surface area contributed by atoms with E-state index < -0.39 is 5.92 Å². The van der Waals surface area contributed by atoms with Crippen LogP contribution >= 0.6 is 34.4 Å². The number of aryl methyl sites for hydroxylation is 1. The molecule has 136 valence electrons. The first-order valence-corrected chi connectivity index (χ1v) is 10.8. The molecule has 0 aromatic carbocycles. The molecular weight excluding hydrogens is 390 g/mol. The monoisotopic (exact) mass is 407 g/mol. The molecule has 1 aliphatic rings. The van der Waals surface area contributed by atoms with E-state index in [9.17, 15) is 14.9 Å². The van der Waals surface area contributed by atoms with Gasteiger partial charge in [-0.1, -0.05) is 30.0 Å². The lowest BCUT2D eigenvalue weighted by Crippen LogP contribution is -2.32. The Hall–Kier alpha value is -1.83. The fourth-order valence-corrected chi connectivity index (χ4v) is 5.01. The lowest BCUT2D eigenvalue weighted by molar-refractivity contribution is -0.118. The molecule has 0 aliphatic heterocycles. The van der Waals surface area contributed by atoms with E-state index in [4.69, 9.17) is 0 Å². The Morgan fingerprint density at radius 2 is 2.23 bits per heavy atom. The van der Waals surface area contributed by atoms with Gasteiger partial charge in [0.2, 0.25) is 11.0 Å². The molecule has 0 saturated heterocycles. The number of hydrogen-bond donors (Lipinski definition) is 0. The van der Waals surface area contributed by atoms with E-state index >= 15 is 0 Å². The molecule has 0 spiro atoms. The normalized spacial score (nSPS) is 14.7. The van der Waals surface area contributed by atoms with E-state index in [1.54, 1.807) is 4.90 Å². The minimum atomic E-state index is -0.849. The third kappa shape index (κ3) is 4.28. The van der Waals surface area contributed by atoms with Gasteiger partial charge >= 0.3 is 0 Å². The van der Waals surface area contributed by atoms with Crippen molar-refractivity contribution in [1.29, 1.82) is 5.26 Å². The van der Waals surface area contributed by atoms with Crippen molar-refractivity contribution in [3.8, 4) is 6.07 Å². The summed E-state index contributed by atoms with van der Waals surface area (Å²) in [5, 5.41) is 20.5. The van der Waals surface area contributed by atoms with Gasteiger partial charge in [-0.05, 0) is 19.8 Å². The van der Waals surface area contributed by atoms with Gasteiger partial charge in [0.25, 0.3) is 0 Å². The summed E-state index contributed by atoms with van der Waals surface area (Å²) in [7, 11) is 0. The highest BCUT2D eigenvalue weighted by Crippen LogP contribution is 2.36. The number of nitrogens with zero attached hydrogens (tertiary/aromatic N) is 5. The number of amides is 1. The van der Waals surface area contributed by atoms with Crippen LogP contribution in [-0.4, -0.2) is 38.7 Å². The summed E-state index contributed by atoms with van der Waals surface area (Å²) in [4.78, 5) is 30.5. The second-order valence-corrected chi connectivity index (χ2v) is 8.91. The molecule has 7 nitrogen and oxygen atoms in total. The average Bonchev–Trinajstić information content (AvgIpc) is 3.19. The summed E-state index contributed by atoms with van der Waals surface area (Å²) >= 11 is 3.88. The van der Waals surface area contributed by atoms with Crippen molar-refractivity contribution in [3.05, 3.63) is 16.1 Å². The van der Waals surface area contributed by atoms with Gasteiger partial charge in [-0.3, -0.25) is 14.5 Å². The maximum absolute atomic E-state index is 12.4. The van der Waals surface area contributed by atoms with E-state index in [1.807, 2.05) is 25.3 Å². The fourth-order valence-electron chi connectivity index (χ4n) is 2.31. The highest BCUT2D eigenvalue weighted by atomic mass is 32.2. The Labute approximate surface area is 163 Å². The zero-order valence-corrected chi connectivity index (χ0v) is 16.8. The molecule has 2 aromatic heterocycles. The molecule has 1 atom stereocenters. The van der Waals surface area contributed by atoms with Gasteiger partial charge in [-0.15, -0.1) is 21.5 Å². The molecule has 1 saturated carbocycles. The number of ketones is 1. The zero-order valence-electron chi connectivity index (χ0n) is 14.3. The largest absolute Gasteiger partial charge is 0.297 e. The van der Waals surface area contributed by atoms with Crippen LogP contribution in [0.25, 0.3) is 0 Å². The van der Waals surface area contributed by atoms with Crippen LogP contribution in [0.5, 0.6) is 0 Å². The van der Waals surface area contributed by atoms with Gasteiger partial charge < -0.3 is 0 Å². The Morgan fingerprint density at radius 3 is 2.81 bits per heavy atom. The molecule has 0 unspecified atom stereocenters. The number of hydrogen-bond acceptors (Lipinski definition) is 9. The minimum absolute atomic E-state index is 0.0416. The molecule has 26 heavy (non-hydrogen) atoms. The van der Waals surface area contributed by atoms with Crippen molar-refractivity contribution in [2.24, 2.45) is 0 Å². The second kappa shape index (κ2) is 8.24. The maximum Gasteiger partial charge on any atom is 0.228 e. The van der Waals surface area contributed by atoms with Crippen molar-refractivity contribution in [1.82, 2.24) is 15.2 Å². The van der Waals surface area contributed by atoms with Gasteiger partial charge in [0.15, 0.2) is 16.0 Å². The van der Waals surface area contributed by atoms with Gasteiger partial charge in [-0.2, -0.15) is 5.26 Å². The van der Waals surface area contributed by atoms with Crippen LogP contribution in [0, 0.1) is 18.3 Å². The number of anilines is 1. The molecule has 0 N–H and O–H groups in total. The molecule has 1 aliphatic carbocycles. The first-order valence-electron chi connectivity index (χ1n) is 8.16. The number of thiazole rings is 1. The van der Waals surface area contributed by atoms with Crippen LogP contribution in [0.2, 0.25) is 0 Å². The van der Waals surface area contributed by atoms with Crippen molar-refractivity contribution in [3.63, 3.8) is 0 Å². The highest BCUT2D eigenvalue weighted by Gasteiger charge is 2.35. The molecule has 2 heterocycles. The average molecular weight is 408 g/mol. The Bertz CT molecular complexity index is 852. The number of thioether (sulfide) groups is 1. The van der Waals surface area contributed by atoms with Crippen LogP contribution < -0.4 is 4.90 Å². The maximum atomic E-state index is 12.4. The molecule has 1 fully saturated rings. The Balaban J connectivity index is 1.63. The number of Topliss-reactive ketones (excluding diaryl/α,β-unsaturated/α-hetero) is 1. The molecule has 0 radical (unpaired) electrons. The van der Waals surface area contributed by atoms with Crippen molar-refractivity contribution in [2.75, 3.05) is 10.7 Å². The SMILES string of the molecule is CCC(=O)N(c1nnc(SCC(=O)[C@H](C#N)c2nc(C)cs2)s1)C1CC1. The Morgan fingerprint density at radius 1 is 1.46 bits per heavy atom. The molecule has 1 amide bonds. The lowest BCUT2D eigenvalue weighted by Gasteiger charge is -2.17. The van der Waals surface area contributed by atoms with Crippen LogP contribution in [0.3, 0.4) is 0 Å². The number of rotatable bonds is 8. The van der Waals surface area contributed by atoms with E-state index in [2.05, 4.69) is 15.2 Å². The summed E-state index contributed by atoms with van der Waals surface area (Å²) in [5.41, 5.74) is 0.806. The summed E-state index contributed by atoms with van der Waals surface area (Å²) in [6.07, 6.45) is 2.40. The zero-order chi connectivity index (χ0) is 18.7. The van der Waals surface area contributed by atoms with Crippen LogP contribution in [0.4, 0.5) is 5.13 Å². The predicted molar refractivity (Wildman–Crippen MR) is 102 cm³/mol. The fraction of sp³-hybridized carbons (Fsp3) is 0.500. The minimum Gasteiger partial charge on any atom is -0.297 e. The van der Waals surface area contributed by atoms with Crippen molar-refractivity contribution in [2.45, 2.75) is 49.4 Å². The van der Waals surface area contributed by atoms with E-state index in [0.29, 0.717) is 20.9 Å². The van der Waals surface area contributed by atoms with Crippen LogP contribution in [0.15, 0.2) is 9.72 Å². The highest BCUT2D eigenvalue weighted by molar-refractivity contribution is 8.01. The van der Waals surface area contributed by atoms with E-state index in [1.165, 1.54) is 34.4 Å². The van der Waals surface area contributed by atoms with Crippen LogP contribution in [-0.2, 0) is 9.59 Å². The smallest absolute Gasteiger partial charge is 0.228 e. The summed E-state index contributed by atoms with van der Waals surface area (Å²) in [5.74, 6) is -0.887. The van der Waals surface area contributed by atoms with Gasteiger partial charge in [0.05, 0.1) is 11.8 Å². The third-order valence-corrected chi connectivity index (χ3v) is 6.86. The molecule has 0 bridgehead atoms. The first-order chi connectivity index (χ1) is 12.5. The topological polar surface area (TPSA) is 99.8 Å². The third-order valence-electron chi connectivity index (χ3n) is 3.76. The van der Waals surface area contributed by atoms with Gasteiger partial charge in [-0.25, -0.2) is 4.98 Å². The quantitative estimate of drug-likeness (QED) is 0.489. The van der Waals surface area contributed by atoms with Crippen molar-refractivity contribution < 1.29 is 9.59 Å². The molecule has 10 heteroatoms. The van der Waals surface area contributed by atoms with Crippen LogP contribution in [0.1, 0.15) is 42.8 Å².